The first-order valence-corrected chi connectivity index (χ1v) is 10.7. The van der Waals surface area contributed by atoms with Crippen LogP contribution >= 0.6 is 23.0 Å². The van der Waals surface area contributed by atoms with E-state index in [1.165, 1.54) is 24.8 Å². The smallest absolute Gasteiger partial charge is 0.311 e. The van der Waals surface area contributed by atoms with Gasteiger partial charge in [0.05, 0.1) is 12.5 Å². The molecule has 2 bridgehead atoms. The van der Waals surface area contributed by atoms with E-state index in [4.69, 9.17) is 7.80 Å². The topological polar surface area (TPSA) is 35.5 Å². The van der Waals surface area contributed by atoms with Crippen molar-refractivity contribution in [1.29, 1.82) is 0 Å². The molecular formula is C21H31IO3. The van der Waals surface area contributed by atoms with E-state index in [9.17, 15) is 4.79 Å². The zero-order valence-corrected chi connectivity index (χ0v) is 18.0. The highest BCUT2D eigenvalue weighted by atomic mass is 127. The molecule has 0 amide bonds. The van der Waals surface area contributed by atoms with Crippen LogP contribution in [-0.2, 0) is 12.6 Å². The zero-order valence-electron chi connectivity index (χ0n) is 15.8. The highest BCUT2D eigenvalue weighted by Gasteiger charge is 2.68. The van der Waals surface area contributed by atoms with E-state index in [0.717, 1.165) is 38.5 Å². The lowest BCUT2D eigenvalue weighted by Crippen LogP contribution is -2.59. The van der Waals surface area contributed by atoms with E-state index in [-0.39, 0.29) is 22.4 Å². The molecule has 0 aromatic carbocycles. The molecule has 0 aromatic rings. The van der Waals surface area contributed by atoms with Crippen LogP contribution in [-0.4, -0.2) is 18.7 Å². The Morgan fingerprint density at radius 1 is 1.16 bits per heavy atom. The van der Waals surface area contributed by atoms with Gasteiger partial charge in [-0.05, 0) is 86.5 Å². The SMILES string of the molecule is C=C1CC23CCC4C(C)(C(=O)OC)CCCC4(C)C2CCC1(OI)C3. The van der Waals surface area contributed by atoms with Crippen LogP contribution in [0.4, 0.5) is 0 Å². The van der Waals surface area contributed by atoms with Crippen LogP contribution in [0.2, 0.25) is 0 Å². The third kappa shape index (κ3) is 2.22. The summed E-state index contributed by atoms with van der Waals surface area (Å²) in [6.45, 7) is 9.08. The van der Waals surface area contributed by atoms with Gasteiger partial charge in [-0.3, -0.25) is 4.79 Å². The number of hydrogen-bond acceptors (Lipinski definition) is 3. The number of hydrogen-bond donors (Lipinski definition) is 0. The van der Waals surface area contributed by atoms with Crippen molar-refractivity contribution in [2.45, 2.75) is 77.2 Å². The molecule has 0 saturated heterocycles. The molecule has 0 heterocycles. The number of methoxy groups -OCH3 is 1. The third-order valence-electron chi connectivity index (χ3n) is 8.93. The van der Waals surface area contributed by atoms with Gasteiger partial charge in [-0.2, -0.15) is 0 Å². The predicted molar refractivity (Wildman–Crippen MR) is 106 cm³/mol. The van der Waals surface area contributed by atoms with Crippen molar-refractivity contribution in [2.24, 2.45) is 28.1 Å². The molecule has 0 radical (unpaired) electrons. The summed E-state index contributed by atoms with van der Waals surface area (Å²) < 4.78 is 11.2. The summed E-state index contributed by atoms with van der Waals surface area (Å²) in [5.41, 5.74) is 1.51. The molecule has 25 heavy (non-hydrogen) atoms. The minimum absolute atomic E-state index is 0.0101. The van der Waals surface area contributed by atoms with Gasteiger partial charge in [0.2, 0.25) is 0 Å². The lowest BCUT2D eigenvalue weighted by atomic mass is 9.41. The van der Waals surface area contributed by atoms with Gasteiger partial charge in [0.15, 0.2) is 0 Å². The Bertz CT molecular complexity index is 618. The Hall–Kier alpha value is -0.100. The monoisotopic (exact) mass is 458 g/mol. The molecule has 0 aromatic heterocycles. The first-order valence-electron chi connectivity index (χ1n) is 9.83. The average molecular weight is 458 g/mol. The molecule has 4 aliphatic carbocycles. The third-order valence-corrected chi connectivity index (χ3v) is 9.77. The molecule has 6 atom stereocenters. The van der Waals surface area contributed by atoms with E-state index < -0.39 is 0 Å². The van der Waals surface area contributed by atoms with Gasteiger partial charge < -0.3 is 7.80 Å². The van der Waals surface area contributed by atoms with Crippen molar-refractivity contribution in [1.82, 2.24) is 0 Å². The fourth-order valence-corrected chi connectivity index (χ4v) is 8.61. The van der Waals surface area contributed by atoms with Crippen molar-refractivity contribution in [3.05, 3.63) is 12.2 Å². The van der Waals surface area contributed by atoms with Gasteiger partial charge in [-0.25, -0.2) is 0 Å². The fourth-order valence-electron chi connectivity index (χ4n) is 7.93. The van der Waals surface area contributed by atoms with Gasteiger partial charge in [0.25, 0.3) is 0 Å². The number of carbonyl (C=O) groups excluding carboxylic acids is 1. The zero-order chi connectivity index (χ0) is 18.1. The summed E-state index contributed by atoms with van der Waals surface area (Å²) in [6.07, 6.45) is 10.3. The largest absolute Gasteiger partial charge is 0.469 e. The summed E-state index contributed by atoms with van der Waals surface area (Å²) in [5, 5.41) is 0. The molecule has 0 aliphatic heterocycles. The van der Waals surface area contributed by atoms with Crippen LogP contribution in [0.25, 0.3) is 0 Å². The van der Waals surface area contributed by atoms with Gasteiger partial charge in [-0.1, -0.05) is 19.9 Å². The molecule has 0 N–H and O–H groups in total. The second-order valence-electron chi connectivity index (χ2n) is 9.84. The second-order valence-corrected chi connectivity index (χ2v) is 10.3. The van der Waals surface area contributed by atoms with E-state index in [2.05, 4.69) is 43.4 Å². The number of rotatable bonds is 2. The Morgan fingerprint density at radius 2 is 1.88 bits per heavy atom. The van der Waals surface area contributed by atoms with Crippen molar-refractivity contribution in [3.8, 4) is 0 Å². The fraction of sp³-hybridized carbons (Fsp3) is 0.857. The molecule has 140 valence electrons. The van der Waals surface area contributed by atoms with Crippen LogP contribution in [0.3, 0.4) is 0 Å². The van der Waals surface area contributed by atoms with Crippen LogP contribution in [0.5, 0.6) is 0 Å². The van der Waals surface area contributed by atoms with E-state index in [1.807, 2.05) is 0 Å². The number of esters is 1. The van der Waals surface area contributed by atoms with Crippen LogP contribution in [0.1, 0.15) is 71.6 Å². The molecule has 4 fully saturated rings. The summed E-state index contributed by atoms with van der Waals surface area (Å²) in [6, 6.07) is 0. The van der Waals surface area contributed by atoms with Gasteiger partial charge >= 0.3 is 5.97 Å². The summed E-state index contributed by atoms with van der Waals surface area (Å²) in [7, 11) is 1.55. The van der Waals surface area contributed by atoms with Crippen LogP contribution in [0.15, 0.2) is 12.2 Å². The maximum atomic E-state index is 12.7. The molecule has 4 saturated carbocycles. The van der Waals surface area contributed by atoms with E-state index in [0.29, 0.717) is 17.3 Å². The molecule has 3 nitrogen and oxygen atoms in total. The molecule has 1 spiro atoms. The van der Waals surface area contributed by atoms with Crippen molar-refractivity contribution >= 4 is 29.0 Å². The quantitative estimate of drug-likeness (QED) is 0.306. The van der Waals surface area contributed by atoms with E-state index >= 15 is 0 Å². The maximum absolute atomic E-state index is 12.7. The first kappa shape index (κ1) is 18.3. The molecule has 4 aliphatic rings. The molecular weight excluding hydrogens is 427 g/mol. The number of ether oxygens (including phenoxy) is 1. The second kappa shape index (κ2) is 5.70. The Kier molecular flexibility index (Phi) is 4.16. The minimum atomic E-state index is -0.312. The summed E-state index contributed by atoms with van der Waals surface area (Å²) >= 11 is 2.10. The first-order chi connectivity index (χ1) is 11.8. The van der Waals surface area contributed by atoms with Crippen molar-refractivity contribution in [3.63, 3.8) is 0 Å². The van der Waals surface area contributed by atoms with Gasteiger partial charge in [-0.15, -0.1) is 0 Å². The van der Waals surface area contributed by atoms with Gasteiger partial charge in [0, 0.05) is 0 Å². The Balaban J connectivity index is 1.73. The normalized spacial score (nSPS) is 51.6. The lowest BCUT2D eigenvalue weighted by molar-refractivity contribution is -0.186. The van der Waals surface area contributed by atoms with Crippen LogP contribution < -0.4 is 0 Å². The van der Waals surface area contributed by atoms with Gasteiger partial charge in [0.1, 0.15) is 28.6 Å². The van der Waals surface area contributed by atoms with Crippen molar-refractivity contribution in [2.75, 3.05) is 7.11 Å². The maximum Gasteiger partial charge on any atom is 0.311 e. The van der Waals surface area contributed by atoms with Crippen LogP contribution in [0, 0.1) is 28.1 Å². The lowest BCUT2D eigenvalue weighted by Gasteiger charge is -2.63. The molecule has 4 rings (SSSR count). The number of carbonyl (C=O) groups is 1. The minimum Gasteiger partial charge on any atom is -0.469 e. The van der Waals surface area contributed by atoms with E-state index in [1.54, 1.807) is 7.11 Å². The highest BCUT2D eigenvalue weighted by Crippen LogP contribution is 2.73. The summed E-state index contributed by atoms with van der Waals surface area (Å²) in [4.78, 5) is 12.7. The number of halogens is 1. The molecule has 6 unspecified atom stereocenters. The standard InChI is InChI=1S/C21H31IO3/c1-14-12-20-10-6-15-18(2,8-5-9-19(15,3)17(23)24-4)16(20)7-11-21(14,13-20)25-22/h15-16H,1,5-13H2,2-4H3. The van der Waals surface area contributed by atoms with Crippen molar-refractivity contribution < 1.29 is 12.6 Å². The number of fused-ring (bicyclic) bond motifs is 3. The average Bonchev–Trinajstić information content (AvgIpc) is 2.79. The Morgan fingerprint density at radius 3 is 2.56 bits per heavy atom. The molecule has 4 heteroatoms. The Labute approximate surface area is 166 Å². The highest BCUT2D eigenvalue weighted by molar-refractivity contribution is 14.1. The predicted octanol–water partition coefficient (Wildman–Crippen LogP) is 5.62. The summed E-state index contributed by atoms with van der Waals surface area (Å²) in [5.74, 6) is 1.14.